The third-order valence-corrected chi connectivity index (χ3v) is 3.14. The van der Waals surface area contributed by atoms with Crippen LogP contribution >= 0.6 is 0 Å². The van der Waals surface area contributed by atoms with Crippen molar-refractivity contribution in [1.82, 2.24) is 10.2 Å². The summed E-state index contributed by atoms with van der Waals surface area (Å²) in [6.07, 6.45) is 0.425. The van der Waals surface area contributed by atoms with Crippen molar-refractivity contribution in [3.8, 4) is 0 Å². The molecule has 1 rings (SSSR count). The Morgan fingerprint density at radius 2 is 2.11 bits per heavy atom. The van der Waals surface area contributed by atoms with Crippen LogP contribution in [0.4, 0.5) is 4.79 Å². The molecule has 0 aromatic rings. The Labute approximate surface area is 105 Å². The number of carbonyl (C=O) groups is 3. The highest BCUT2D eigenvalue weighted by Gasteiger charge is 2.49. The van der Waals surface area contributed by atoms with E-state index in [0.29, 0.717) is 6.42 Å². The van der Waals surface area contributed by atoms with E-state index >= 15 is 0 Å². The van der Waals surface area contributed by atoms with Gasteiger partial charge in [-0.1, -0.05) is 6.92 Å². The van der Waals surface area contributed by atoms with Crippen LogP contribution in [0, 0.1) is 0 Å². The van der Waals surface area contributed by atoms with Crippen LogP contribution in [-0.4, -0.2) is 52.7 Å². The van der Waals surface area contributed by atoms with Gasteiger partial charge in [0.15, 0.2) is 5.60 Å². The maximum atomic E-state index is 12.0. The first-order valence-electron chi connectivity index (χ1n) is 5.63. The van der Waals surface area contributed by atoms with E-state index in [1.165, 1.54) is 6.92 Å². The zero-order chi connectivity index (χ0) is 14.1. The SMILES string of the molecule is CCC1(C)NC(=O)N(CC(C)(O)C(=O)OC)C1=O. The number of β-amino-alcohol motifs (C(OH)–C–C–N with tert-alkyl or cyclic N) is 1. The van der Waals surface area contributed by atoms with Crippen LogP contribution in [0.15, 0.2) is 0 Å². The summed E-state index contributed by atoms with van der Waals surface area (Å²) >= 11 is 0. The highest BCUT2D eigenvalue weighted by atomic mass is 16.5. The van der Waals surface area contributed by atoms with E-state index < -0.39 is 35.6 Å². The zero-order valence-corrected chi connectivity index (χ0v) is 10.9. The van der Waals surface area contributed by atoms with Gasteiger partial charge in [-0.3, -0.25) is 9.69 Å². The summed E-state index contributed by atoms with van der Waals surface area (Å²) in [5.41, 5.74) is -2.90. The third-order valence-electron chi connectivity index (χ3n) is 3.14. The van der Waals surface area contributed by atoms with E-state index in [1.807, 2.05) is 0 Å². The molecule has 0 aromatic heterocycles. The average molecular weight is 258 g/mol. The van der Waals surface area contributed by atoms with Crippen LogP contribution in [-0.2, 0) is 14.3 Å². The monoisotopic (exact) mass is 258 g/mol. The number of methoxy groups -OCH3 is 1. The highest BCUT2D eigenvalue weighted by Crippen LogP contribution is 2.22. The van der Waals surface area contributed by atoms with Gasteiger partial charge in [0.2, 0.25) is 0 Å². The second-order valence-electron chi connectivity index (χ2n) is 4.77. The first kappa shape index (κ1) is 14.4. The fourth-order valence-electron chi connectivity index (χ4n) is 1.72. The molecule has 0 spiro atoms. The summed E-state index contributed by atoms with van der Waals surface area (Å²) in [6.45, 7) is 4.13. The fourth-order valence-corrected chi connectivity index (χ4v) is 1.72. The summed E-state index contributed by atoms with van der Waals surface area (Å²) in [6, 6.07) is -0.617. The number of urea groups is 1. The van der Waals surface area contributed by atoms with E-state index in [-0.39, 0.29) is 0 Å². The Morgan fingerprint density at radius 1 is 1.56 bits per heavy atom. The quantitative estimate of drug-likeness (QED) is 0.530. The summed E-state index contributed by atoms with van der Waals surface area (Å²) in [5, 5.41) is 12.4. The number of carbonyl (C=O) groups excluding carboxylic acids is 3. The van der Waals surface area contributed by atoms with Gasteiger partial charge in [0.1, 0.15) is 5.54 Å². The molecule has 0 aromatic carbocycles. The summed E-state index contributed by atoms with van der Waals surface area (Å²) < 4.78 is 4.42. The van der Waals surface area contributed by atoms with Crippen molar-refractivity contribution in [1.29, 1.82) is 0 Å². The summed E-state index contributed by atoms with van der Waals surface area (Å²) in [4.78, 5) is 35.9. The van der Waals surface area contributed by atoms with Crippen LogP contribution in [0.5, 0.6) is 0 Å². The molecule has 7 heteroatoms. The summed E-state index contributed by atoms with van der Waals surface area (Å²) in [7, 11) is 1.12. The Kier molecular flexibility index (Phi) is 3.66. The molecule has 0 aliphatic carbocycles. The number of nitrogens with one attached hydrogen (secondary N) is 1. The Hall–Kier alpha value is -1.63. The molecule has 1 heterocycles. The minimum absolute atomic E-state index is 0.425. The number of imide groups is 1. The lowest BCUT2D eigenvalue weighted by atomic mass is 9.99. The highest BCUT2D eigenvalue weighted by molar-refractivity contribution is 6.07. The number of amides is 3. The van der Waals surface area contributed by atoms with Crippen molar-refractivity contribution in [2.75, 3.05) is 13.7 Å². The van der Waals surface area contributed by atoms with E-state index in [4.69, 9.17) is 0 Å². The second-order valence-corrected chi connectivity index (χ2v) is 4.77. The van der Waals surface area contributed by atoms with Crippen molar-refractivity contribution < 1.29 is 24.2 Å². The van der Waals surface area contributed by atoms with Crippen LogP contribution in [0.25, 0.3) is 0 Å². The van der Waals surface area contributed by atoms with Gasteiger partial charge in [0, 0.05) is 0 Å². The predicted molar refractivity (Wildman–Crippen MR) is 61.6 cm³/mol. The van der Waals surface area contributed by atoms with Gasteiger partial charge in [-0.05, 0) is 20.3 Å². The first-order valence-corrected chi connectivity index (χ1v) is 5.63. The van der Waals surface area contributed by atoms with Crippen LogP contribution in [0.2, 0.25) is 0 Å². The molecule has 0 bridgehead atoms. The fraction of sp³-hybridized carbons (Fsp3) is 0.727. The number of ether oxygens (including phenoxy) is 1. The number of nitrogens with zero attached hydrogens (tertiary/aromatic N) is 1. The van der Waals surface area contributed by atoms with Crippen LogP contribution in [0.1, 0.15) is 27.2 Å². The molecule has 1 aliphatic heterocycles. The first-order chi connectivity index (χ1) is 8.18. The van der Waals surface area contributed by atoms with E-state index in [9.17, 15) is 19.5 Å². The molecule has 3 amide bonds. The Morgan fingerprint density at radius 3 is 2.50 bits per heavy atom. The molecule has 102 valence electrons. The molecule has 18 heavy (non-hydrogen) atoms. The lowest BCUT2D eigenvalue weighted by Gasteiger charge is -2.25. The second kappa shape index (κ2) is 4.56. The maximum Gasteiger partial charge on any atom is 0.339 e. The molecule has 0 saturated carbocycles. The minimum Gasteiger partial charge on any atom is -0.467 e. The van der Waals surface area contributed by atoms with E-state index in [2.05, 4.69) is 10.1 Å². The van der Waals surface area contributed by atoms with Gasteiger partial charge < -0.3 is 15.2 Å². The normalized spacial score (nSPS) is 26.8. The Bertz CT molecular complexity index is 393. The molecule has 2 atom stereocenters. The van der Waals surface area contributed by atoms with Crippen molar-refractivity contribution in [2.24, 2.45) is 0 Å². The smallest absolute Gasteiger partial charge is 0.339 e. The predicted octanol–water partition coefficient (Wildman–Crippen LogP) is -0.369. The molecule has 2 unspecified atom stereocenters. The van der Waals surface area contributed by atoms with Crippen LogP contribution < -0.4 is 5.32 Å². The largest absolute Gasteiger partial charge is 0.467 e. The molecule has 7 nitrogen and oxygen atoms in total. The zero-order valence-electron chi connectivity index (χ0n) is 10.9. The molecule has 0 radical (unpaired) electrons. The number of hydrogen-bond acceptors (Lipinski definition) is 5. The lowest BCUT2D eigenvalue weighted by molar-refractivity contribution is -0.162. The Balaban J connectivity index is 2.90. The van der Waals surface area contributed by atoms with Crippen molar-refractivity contribution in [3.63, 3.8) is 0 Å². The summed E-state index contributed by atoms with van der Waals surface area (Å²) in [5.74, 6) is -1.35. The standard InChI is InChI=1S/C11H18N2O5/c1-5-10(2)7(14)13(9(16)12-10)6-11(3,17)8(15)18-4/h17H,5-6H2,1-4H3,(H,12,16). The van der Waals surface area contributed by atoms with Crippen LogP contribution in [0.3, 0.4) is 0 Å². The van der Waals surface area contributed by atoms with Gasteiger partial charge in [0.05, 0.1) is 13.7 Å². The topological polar surface area (TPSA) is 95.9 Å². The number of rotatable bonds is 4. The van der Waals surface area contributed by atoms with Gasteiger partial charge in [-0.15, -0.1) is 0 Å². The van der Waals surface area contributed by atoms with Crippen molar-refractivity contribution in [3.05, 3.63) is 0 Å². The molecule has 2 N–H and O–H groups in total. The van der Waals surface area contributed by atoms with Gasteiger partial charge in [-0.2, -0.15) is 0 Å². The minimum atomic E-state index is -1.92. The molecule has 1 aliphatic rings. The van der Waals surface area contributed by atoms with Gasteiger partial charge in [-0.25, -0.2) is 9.59 Å². The molecule has 1 saturated heterocycles. The van der Waals surface area contributed by atoms with E-state index in [1.54, 1.807) is 13.8 Å². The maximum absolute atomic E-state index is 12.0. The van der Waals surface area contributed by atoms with Crippen molar-refractivity contribution in [2.45, 2.75) is 38.3 Å². The molecular formula is C11H18N2O5. The van der Waals surface area contributed by atoms with E-state index in [0.717, 1.165) is 12.0 Å². The van der Waals surface area contributed by atoms with Gasteiger partial charge in [0.25, 0.3) is 5.91 Å². The molecule has 1 fully saturated rings. The number of hydrogen-bond donors (Lipinski definition) is 2. The van der Waals surface area contributed by atoms with Gasteiger partial charge >= 0.3 is 12.0 Å². The van der Waals surface area contributed by atoms with Crippen molar-refractivity contribution >= 4 is 17.9 Å². The number of aliphatic hydroxyl groups is 1. The average Bonchev–Trinajstić information content (AvgIpc) is 2.52. The lowest BCUT2D eigenvalue weighted by Crippen LogP contribution is -2.50. The third kappa shape index (κ3) is 2.31. The molecular weight excluding hydrogens is 240 g/mol. The number of esters is 1.